The summed E-state index contributed by atoms with van der Waals surface area (Å²) in [5.74, 6) is -3.42. The van der Waals surface area contributed by atoms with Gasteiger partial charge in [-0.3, -0.25) is 47.1 Å². The normalized spacial score (nSPS) is 29.3. The molecule has 40 heteroatoms. The van der Waals surface area contributed by atoms with Crippen LogP contribution in [0.5, 0.6) is 0 Å². The number of amides is 1. The van der Waals surface area contributed by atoms with E-state index in [9.17, 15) is 58.1 Å². The van der Waals surface area contributed by atoms with Crippen molar-refractivity contribution < 1.29 is 94.4 Å². The molecule has 6 aromatic rings. The molecule has 15 N–H and O–H groups in total. The number of aryl methyl sites for hydroxylation is 1. The van der Waals surface area contributed by atoms with Gasteiger partial charge in [0, 0.05) is 39.0 Å². The van der Waals surface area contributed by atoms with Crippen LogP contribution >= 0.6 is 23.5 Å². The zero-order chi connectivity index (χ0) is 54.8. The molecule has 3 aliphatic rings. The van der Waals surface area contributed by atoms with E-state index in [0.717, 1.165) is 12.7 Å². The molecule has 0 aliphatic carbocycles. The Morgan fingerprint density at radius 3 is 2.05 bits per heavy atom. The lowest BCUT2D eigenvalue weighted by Crippen LogP contribution is -2.45. The average molecular weight is 1140 g/mol. The maximum atomic E-state index is 13.7. The molecule has 3 unspecified atom stereocenters. The average Bonchev–Trinajstić information content (AvgIpc) is 4.19. The minimum Gasteiger partial charge on any atom is -0.387 e. The highest BCUT2D eigenvalue weighted by atomic mass is 31.3. The Labute approximate surface area is 423 Å². The summed E-state index contributed by atoms with van der Waals surface area (Å²) in [6.45, 7) is -2.57. The van der Waals surface area contributed by atoms with Crippen LogP contribution in [0.4, 0.5) is 17.7 Å². The van der Waals surface area contributed by atoms with E-state index in [0.29, 0.717) is 0 Å². The number of ether oxygens (including phenoxy) is 5. The first-order valence-electron chi connectivity index (χ1n) is 22.3. The molecular weight excluding hydrogens is 1090 g/mol. The summed E-state index contributed by atoms with van der Waals surface area (Å²) in [5.41, 5.74) is 16.3. The van der Waals surface area contributed by atoms with E-state index < -0.39 is 140 Å². The number of methoxy groups -OCH3 is 2. The van der Waals surface area contributed by atoms with Crippen LogP contribution in [0.1, 0.15) is 25.1 Å². The largest absolute Gasteiger partial charge is 0.490 e. The van der Waals surface area contributed by atoms with Crippen LogP contribution in [0.25, 0.3) is 33.5 Å². The Morgan fingerprint density at radius 1 is 0.763 bits per heavy atom. The number of hydrogen-bond donors (Lipinski definition) is 12. The van der Waals surface area contributed by atoms with E-state index in [-0.39, 0.29) is 57.8 Å². The molecule has 3 aliphatic heterocycles. The third-order valence-corrected chi connectivity index (χ3v) is 16.8. The number of aliphatic hydroxyl groups excluding tert-OH is 3. The van der Waals surface area contributed by atoms with Crippen molar-refractivity contribution in [1.82, 2.24) is 58.9 Å². The predicted molar refractivity (Wildman–Crippen MR) is 249 cm³/mol. The number of anilines is 3. The molecule has 1 amide bonds. The molecule has 0 bridgehead atoms. The van der Waals surface area contributed by atoms with Gasteiger partial charge in [-0.1, -0.05) is 4.98 Å². The number of H-pyrrole nitrogens is 2. The Kier molecular flexibility index (Phi) is 15.3. The number of imidazole rings is 3. The second-order valence-electron chi connectivity index (χ2n) is 17.4. The first-order valence-corrected chi connectivity index (χ1v) is 26.8. The highest BCUT2D eigenvalue weighted by Gasteiger charge is 2.52. The summed E-state index contributed by atoms with van der Waals surface area (Å²) in [7, 11) is -13.6. The van der Waals surface area contributed by atoms with Gasteiger partial charge in [0.25, 0.3) is 17.1 Å². The molecule has 0 aromatic carbocycles. The molecule has 414 valence electrons. The fraction of sp³-hybridized carbons (Fsp3) is 0.556. The number of nitrogen functional groups attached to an aromatic ring is 3. The van der Waals surface area contributed by atoms with Gasteiger partial charge in [-0.25, -0.2) is 38.2 Å². The maximum Gasteiger partial charge on any atom is 0.490 e. The summed E-state index contributed by atoms with van der Waals surface area (Å²) in [5, 5.41) is 35.7. The van der Waals surface area contributed by atoms with E-state index in [1.807, 2.05) is 0 Å². The number of hydrogen-bond acceptors (Lipinski definition) is 27. The molecule has 76 heavy (non-hydrogen) atoms. The van der Waals surface area contributed by atoms with Crippen molar-refractivity contribution >= 4 is 80.6 Å². The van der Waals surface area contributed by atoms with Gasteiger partial charge in [-0.2, -0.15) is 13.6 Å². The minimum absolute atomic E-state index is 0.000872. The van der Waals surface area contributed by atoms with Gasteiger partial charge in [0.05, 0.1) is 51.7 Å². The minimum atomic E-state index is -6.10. The Hall–Kier alpha value is -5.79. The Morgan fingerprint density at radius 2 is 1.38 bits per heavy atom. The third-order valence-electron chi connectivity index (χ3n) is 12.6. The van der Waals surface area contributed by atoms with Crippen molar-refractivity contribution in [2.24, 2.45) is 18.9 Å². The molecule has 3 fully saturated rings. The number of phosphoric ester groups is 2. The van der Waals surface area contributed by atoms with Crippen LogP contribution in [0.2, 0.25) is 0 Å². The SMILES string of the molecule is COC[C@H]1[C@@H](O)[C@H]([n+]2cn(C)c3c(=O)[nH]c(N)nc32)O[C@@H]1COP(=O)(O)OP(=O)(O)OP(=O)(O)OC[C@H]1O[C@@H](n2cnc3c(N)ncnc32)[C@H](OC)[C@@H]1CC(=O)NC[C@H]1O[C@@H](n2cnc3c(=O)[nH]c(N)nc32)[C@H](O)[C@@H]1O. The van der Waals surface area contributed by atoms with Gasteiger partial charge in [-0.15, -0.1) is 0 Å². The highest BCUT2D eigenvalue weighted by molar-refractivity contribution is 7.66. The third kappa shape index (κ3) is 10.9. The lowest BCUT2D eigenvalue weighted by atomic mass is 9.93. The van der Waals surface area contributed by atoms with Crippen molar-refractivity contribution in [2.75, 3.05) is 57.8 Å². The molecule has 6 aromatic heterocycles. The van der Waals surface area contributed by atoms with E-state index in [4.69, 9.17) is 49.9 Å². The standard InChI is InChI=1S/C36H49N16O21P3/c1-49-12-52(29-21(49)31(58)48-36(39)46-29)32-22(54)14(6-65-2)17(70-32)8-68-75(61,62)73-76(63,64)72-74(59,60)67-7-16-13(25(66-3)34(71-16)50-10-43-19-26(37)41-9-42-27(19)50)4-18(53)40-5-15-23(55)24(56)33(69-15)51-11-44-20-28(51)45-35(38)47-30(20)57/h9-17,22-25,32-34,54-56H,4-8H2,1-3H3,(H11-,37,38,39,40,41,42,45,46,47,48,53,57,58,59,60,61,62,63,64)/p+1/t13-,14-,15-,16-,17-,22-,23-,24-,25-,32-,33-,34-/m1/s1. The fourth-order valence-electron chi connectivity index (χ4n) is 9.22. The van der Waals surface area contributed by atoms with Crippen LogP contribution in [-0.4, -0.2) is 173 Å². The van der Waals surface area contributed by atoms with Crippen molar-refractivity contribution in [3.8, 4) is 0 Å². The topological polar surface area (TPSA) is 525 Å². The molecule has 15 atom stereocenters. The lowest BCUT2D eigenvalue weighted by molar-refractivity contribution is -0.745. The van der Waals surface area contributed by atoms with E-state index in [1.165, 1.54) is 52.2 Å². The number of rotatable bonds is 20. The molecule has 0 radical (unpaired) electrons. The quantitative estimate of drug-likeness (QED) is 0.0255. The van der Waals surface area contributed by atoms with Crippen molar-refractivity contribution in [3.63, 3.8) is 0 Å². The molecule has 0 saturated carbocycles. The molecule has 0 spiro atoms. The number of aliphatic hydroxyl groups is 3. The number of aromatic nitrogens is 12. The number of fused-ring (bicyclic) bond motifs is 3. The van der Waals surface area contributed by atoms with E-state index in [2.05, 4.69) is 53.8 Å². The van der Waals surface area contributed by atoms with Crippen LogP contribution in [0.3, 0.4) is 0 Å². The molecule has 9 heterocycles. The molecular formula is C36H50N16O21P3+. The summed E-state index contributed by atoms with van der Waals surface area (Å²) < 4.78 is 92.3. The van der Waals surface area contributed by atoms with Crippen molar-refractivity contribution in [3.05, 3.63) is 46.0 Å². The van der Waals surface area contributed by atoms with Gasteiger partial charge in [0.15, 0.2) is 41.4 Å². The number of carbonyl (C=O) groups is 1. The van der Waals surface area contributed by atoms with Crippen molar-refractivity contribution in [2.45, 2.75) is 67.8 Å². The number of nitrogens with two attached hydrogens (primary N) is 3. The second kappa shape index (κ2) is 21.2. The first kappa shape index (κ1) is 55.0. The maximum absolute atomic E-state index is 13.7. The number of nitrogens with one attached hydrogen (secondary N) is 3. The molecule has 3 saturated heterocycles. The predicted octanol–water partition coefficient (Wildman–Crippen LogP) is -4.19. The van der Waals surface area contributed by atoms with E-state index >= 15 is 0 Å². The van der Waals surface area contributed by atoms with Crippen LogP contribution in [0, 0.1) is 11.8 Å². The number of nitrogens with zero attached hydrogens (tertiary/aromatic N) is 10. The van der Waals surface area contributed by atoms with Crippen LogP contribution < -0.4 is 38.2 Å². The summed E-state index contributed by atoms with van der Waals surface area (Å²) in [6, 6.07) is 0. The summed E-state index contributed by atoms with van der Waals surface area (Å²) in [6.07, 6.45) is -9.27. The molecule has 9 rings (SSSR count). The van der Waals surface area contributed by atoms with E-state index in [1.54, 1.807) is 0 Å². The highest BCUT2D eigenvalue weighted by Crippen LogP contribution is 2.68. The summed E-state index contributed by atoms with van der Waals surface area (Å²) >= 11 is 0. The molecule has 37 nitrogen and oxygen atoms in total. The van der Waals surface area contributed by atoms with Gasteiger partial charge < -0.3 is 76.2 Å². The van der Waals surface area contributed by atoms with Crippen molar-refractivity contribution in [1.29, 1.82) is 0 Å². The summed E-state index contributed by atoms with van der Waals surface area (Å²) in [4.78, 5) is 99.5. The van der Waals surface area contributed by atoms with Crippen LogP contribution in [0.15, 0.2) is 34.9 Å². The van der Waals surface area contributed by atoms with Gasteiger partial charge in [-0.05, 0) is 0 Å². The van der Waals surface area contributed by atoms with Gasteiger partial charge >= 0.3 is 29.1 Å². The zero-order valence-corrected chi connectivity index (χ0v) is 42.3. The van der Waals surface area contributed by atoms with Gasteiger partial charge in [0.1, 0.15) is 42.4 Å². The number of aromatic amines is 2. The number of phosphoric acid groups is 3. The zero-order valence-electron chi connectivity index (χ0n) is 39.6. The fourth-order valence-corrected chi connectivity index (χ4v) is 12.7. The van der Waals surface area contributed by atoms with Crippen LogP contribution in [-0.2, 0) is 66.9 Å². The Balaban J connectivity index is 0.857. The Bertz CT molecular complexity index is 3430. The smallest absolute Gasteiger partial charge is 0.387 e. The lowest BCUT2D eigenvalue weighted by Gasteiger charge is -2.24. The second-order valence-corrected chi connectivity index (χ2v) is 22.1. The van der Waals surface area contributed by atoms with Gasteiger partial charge in [0.2, 0.25) is 23.6 Å². The monoisotopic (exact) mass is 1140 g/mol. The number of carbonyl (C=O) groups excluding carboxylic acids is 1. The first-order chi connectivity index (χ1) is 35.9.